The summed E-state index contributed by atoms with van der Waals surface area (Å²) in [6.07, 6.45) is 3.61. The third-order valence-electron chi connectivity index (χ3n) is 18.0. The topological polar surface area (TPSA) is 315 Å². The highest BCUT2D eigenvalue weighted by Gasteiger charge is 2.44. The number of nitrogens with two attached hydrogens (primary N) is 1. The van der Waals surface area contributed by atoms with E-state index in [1.807, 2.05) is 90.9 Å². The number of rotatable bonds is 40. The number of unbranched alkanes of at least 4 members (excludes halogenated alkanes) is 2. The van der Waals surface area contributed by atoms with Gasteiger partial charge >= 0.3 is 12.1 Å². The molecule has 0 spiro atoms. The second-order valence-corrected chi connectivity index (χ2v) is 26.8. The molecule has 94 heavy (non-hydrogen) atoms. The number of ether oxygens (including phenoxy) is 3. The van der Waals surface area contributed by atoms with Crippen molar-refractivity contribution in [1.29, 1.82) is 0 Å². The fraction of sp³-hybridized carbons (Fsp3) is 0.643. The molecule has 0 saturated carbocycles. The molecule has 0 aliphatic carbocycles. The number of amides is 10. The zero-order valence-corrected chi connectivity index (χ0v) is 58.2. The summed E-state index contributed by atoms with van der Waals surface area (Å²) in [5, 5.41) is 14.2. The van der Waals surface area contributed by atoms with E-state index in [1.54, 1.807) is 68.8 Å². The second kappa shape index (κ2) is 38.7. The minimum atomic E-state index is -0.882. The number of likely N-dealkylation sites (tertiary alicyclic amines) is 1. The van der Waals surface area contributed by atoms with E-state index >= 15 is 0 Å². The lowest BCUT2D eigenvalue weighted by molar-refractivity contribution is -0.149. The van der Waals surface area contributed by atoms with Crippen LogP contribution in [0.3, 0.4) is 0 Å². The number of alkyl carbamates (subject to hydrolysis) is 1. The maximum absolute atomic E-state index is 14.5. The van der Waals surface area contributed by atoms with Gasteiger partial charge in [-0.15, -0.1) is 0 Å². The minimum absolute atomic E-state index is 0.00795. The van der Waals surface area contributed by atoms with E-state index in [0.717, 1.165) is 4.90 Å². The SMILES string of the molecule is CO[C@H]([C@@H](C)C(=O)N[C@H](C)C(NC(=O)OCc1ccc(NC(=O)[C@H](CCCNC(N)=O)CC(=O)[C@@H](NC(=O)CCCCCN2C(=O)C=CC2=O)C(C)C)cc1)c1ccccc1)[C@@H]1CCCN1C(=O)C[C@@H](OC)[C@H](C(C)C)N(C)C(=O)[C@@H](CC(=O)[C@H](C(C)C)N(C)C)C(C)C. The Morgan fingerprint density at radius 1 is 0.691 bits per heavy atom. The fourth-order valence-electron chi connectivity index (χ4n) is 13.0. The lowest BCUT2D eigenvalue weighted by Gasteiger charge is -2.40. The van der Waals surface area contributed by atoms with Gasteiger partial charge in [-0.1, -0.05) is 111 Å². The number of nitrogens with zero attached hydrogens (tertiary/aromatic N) is 4. The molecule has 2 heterocycles. The quantitative estimate of drug-likeness (QED) is 0.0286. The fourth-order valence-corrected chi connectivity index (χ4v) is 13.0. The van der Waals surface area contributed by atoms with Gasteiger partial charge in [0.25, 0.3) is 11.8 Å². The van der Waals surface area contributed by atoms with Gasteiger partial charge in [-0.25, -0.2) is 9.59 Å². The predicted molar refractivity (Wildman–Crippen MR) is 358 cm³/mol. The average molecular weight is 1310 g/mol. The first-order valence-corrected chi connectivity index (χ1v) is 33.3. The van der Waals surface area contributed by atoms with Gasteiger partial charge in [0.05, 0.1) is 60.8 Å². The number of ketones is 2. The van der Waals surface area contributed by atoms with E-state index < -0.39 is 78.2 Å². The number of anilines is 1. The van der Waals surface area contributed by atoms with Crippen molar-refractivity contribution in [2.24, 2.45) is 47.2 Å². The maximum Gasteiger partial charge on any atom is 0.408 e. The summed E-state index contributed by atoms with van der Waals surface area (Å²) in [7, 11) is 8.53. The summed E-state index contributed by atoms with van der Waals surface area (Å²) in [5.74, 6) is -5.27. The van der Waals surface area contributed by atoms with Crippen molar-refractivity contribution in [2.75, 3.05) is 60.3 Å². The highest BCUT2D eigenvalue weighted by atomic mass is 16.5. The van der Waals surface area contributed by atoms with Crippen molar-refractivity contribution in [2.45, 2.75) is 195 Å². The van der Waals surface area contributed by atoms with E-state index in [-0.39, 0.29) is 129 Å². The van der Waals surface area contributed by atoms with Crippen LogP contribution in [0, 0.1) is 41.4 Å². The van der Waals surface area contributed by atoms with Crippen molar-refractivity contribution >= 4 is 70.7 Å². The van der Waals surface area contributed by atoms with Crippen LogP contribution in [-0.4, -0.2) is 182 Å². The highest BCUT2D eigenvalue weighted by molar-refractivity contribution is 6.12. The van der Waals surface area contributed by atoms with Crippen LogP contribution in [0.25, 0.3) is 0 Å². The molecular weight excluding hydrogens is 1200 g/mol. The zero-order chi connectivity index (χ0) is 70.1. The number of methoxy groups -OCH3 is 2. The molecule has 0 radical (unpaired) electrons. The van der Waals surface area contributed by atoms with E-state index in [1.165, 1.54) is 26.4 Å². The van der Waals surface area contributed by atoms with Crippen molar-refractivity contribution in [3.8, 4) is 0 Å². The van der Waals surface area contributed by atoms with Crippen LogP contribution in [0.1, 0.15) is 157 Å². The number of urea groups is 1. The van der Waals surface area contributed by atoms with Crippen molar-refractivity contribution in [3.63, 3.8) is 0 Å². The Labute approximate surface area is 556 Å². The maximum atomic E-state index is 14.5. The first kappa shape index (κ1) is 78.9. The van der Waals surface area contributed by atoms with Gasteiger partial charge in [0, 0.05) is 89.8 Å². The van der Waals surface area contributed by atoms with Gasteiger partial charge in [-0.05, 0) is 106 Å². The lowest BCUT2D eigenvalue weighted by atomic mass is 9.84. The molecule has 10 amide bonds. The monoisotopic (exact) mass is 1310 g/mol. The standard InChI is InChI=1S/C70H108N10O14/c1-42(2)52(39-55(82)63(44(5)6)77(11)12)68(89)78(13)64(45(7)8)56(92-14)40-60(86)79-37-23-27-53(79)65(93-15)46(9)66(87)73-47(10)62(49-24-18-16-19-25-49)76-70(91)94-41-48-29-31-51(32-30-48)74-67(88)50(26-22-35-72-69(71)90)38-54(81)61(43(3)4)75-57(83)28-20-17-21-36-80-58(84)33-34-59(80)85/h16,18-19,24-25,29-34,42-47,50,52-53,56,61-65H,17,20-23,26-28,35-41H2,1-15H3,(H,73,87)(H,74,88)(H,75,83)(H,76,91)(H3,71,72,90)/t46-,47-,50-,52+,53+,56-,61+,62?,63+,64+,65-/m1/s1. The summed E-state index contributed by atoms with van der Waals surface area (Å²) >= 11 is 0. The second-order valence-electron chi connectivity index (χ2n) is 26.8. The number of hydrogen-bond donors (Lipinski definition) is 6. The van der Waals surface area contributed by atoms with Gasteiger partial charge < -0.3 is 56.3 Å². The molecular formula is C70H108N10O14. The molecule has 1 fully saturated rings. The number of benzene rings is 2. The minimum Gasteiger partial charge on any atom is -0.445 e. The van der Waals surface area contributed by atoms with Gasteiger partial charge in [0.15, 0.2) is 11.6 Å². The van der Waals surface area contributed by atoms with E-state index in [0.29, 0.717) is 61.9 Å². The van der Waals surface area contributed by atoms with Crippen molar-refractivity contribution in [3.05, 3.63) is 77.9 Å². The molecule has 24 nitrogen and oxygen atoms in total. The van der Waals surface area contributed by atoms with E-state index in [4.69, 9.17) is 19.9 Å². The number of hydrogen-bond acceptors (Lipinski definition) is 15. The summed E-state index contributed by atoms with van der Waals surface area (Å²) in [5.41, 5.74) is 6.93. The van der Waals surface area contributed by atoms with Gasteiger partial charge in [-0.3, -0.25) is 53.0 Å². The molecule has 2 aliphatic rings. The van der Waals surface area contributed by atoms with Crippen LogP contribution < -0.4 is 32.3 Å². The largest absolute Gasteiger partial charge is 0.445 e. The van der Waals surface area contributed by atoms with Crippen LogP contribution >= 0.6 is 0 Å². The number of primary amides is 1. The number of Topliss-reactive ketones (excluding diaryl/α,β-unsaturated/α-hetero) is 2. The lowest BCUT2D eigenvalue weighted by Crippen LogP contribution is -2.54. The molecule has 1 unspecified atom stereocenters. The molecule has 7 N–H and O–H groups in total. The van der Waals surface area contributed by atoms with Gasteiger partial charge in [0.2, 0.25) is 29.5 Å². The van der Waals surface area contributed by atoms with E-state index in [2.05, 4.69) is 26.6 Å². The third-order valence-corrected chi connectivity index (χ3v) is 18.0. The third kappa shape index (κ3) is 23.7. The predicted octanol–water partition coefficient (Wildman–Crippen LogP) is 7.10. The molecule has 0 bridgehead atoms. The Kier molecular flexibility index (Phi) is 32.5. The first-order valence-electron chi connectivity index (χ1n) is 33.3. The summed E-state index contributed by atoms with van der Waals surface area (Å²) in [6, 6.07) is 11.4. The van der Waals surface area contributed by atoms with Gasteiger partial charge in [0.1, 0.15) is 6.61 Å². The Morgan fingerprint density at radius 3 is 1.90 bits per heavy atom. The number of carbonyl (C=O) groups excluding carboxylic acids is 11. The average Bonchev–Trinajstić information content (AvgIpc) is 1.38. The van der Waals surface area contributed by atoms with Crippen LogP contribution in [0.2, 0.25) is 0 Å². The molecule has 522 valence electrons. The number of carbonyl (C=O) groups is 11. The molecule has 2 aliphatic heterocycles. The van der Waals surface area contributed by atoms with Crippen LogP contribution in [0.4, 0.5) is 15.3 Å². The molecule has 24 heteroatoms. The number of likely N-dealkylation sites (N-methyl/N-ethyl adjacent to an activating group) is 2. The first-order chi connectivity index (χ1) is 44.4. The molecule has 4 rings (SSSR count). The molecule has 0 aromatic heterocycles. The smallest absolute Gasteiger partial charge is 0.408 e. The van der Waals surface area contributed by atoms with Crippen molar-refractivity contribution in [1.82, 2.24) is 40.9 Å². The Balaban J connectivity index is 1.38. The summed E-state index contributed by atoms with van der Waals surface area (Å²) in [6.45, 7) is 19.6. The van der Waals surface area contributed by atoms with Crippen LogP contribution in [-0.2, 0) is 64.0 Å². The molecule has 2 aromatic rings. The molecule has 1 saturated heterocycles. The number of nitrogens with one attached hydrogen (secondary N) is 5. The molecule has 2 aromatic carbocycles. The number of imide groups is 1. The Morgan fingerprint density at radius 2 is 1.34 bits per heavy atom. The molecule has 11 atom stereocenters. The summed E-state index contributed by atoms with van der Waals surface area (Å²) in [4.78, 5) is 153. The highest BCUT2D eigenvalue weighted by Crippen LogP contribution is 2.31. The van der Waals surface area contributed by atoms with E-state index in [9.17, 15) is 52.7 Å². The normalized spacial score (nSPS) is 17.3. The zero-order valence-electron chi connectivity index (χ0n) is 58.2. The Bertz CT molecular complexity index is 2860. The van der Waals surface area contributed by atoms with Crippen LogP contribution in [0.15, 0.2) is 66.7 Å². The van der Waals surface area contributed by atoms with Crippen molar-refractivity contribution < 1.29 is 67.0 Å². The Hall–Kier alpha value is -7.57. The van der Waals surface area contributed by atoms with Gasteiger partial charge in [-0.2, -0.15) is 0 Å². The van der Waals surface area contributed by atoms with Crippen LogP contribution in [0.5, 0.6) is 0 Å². The summed E-state index contributed by atoms with van der Waals surface area (Å²) < 4.78 is 17.8.